The third-order valence-electron chi connectivity index (χ3n) is 2.65. The maximum atomic E-state index is 13.5. The molecule has 1 aliphatic rings. The summed E-state index contributed by atoms with van der Waals surface area (Å²) in [5.74, 6) is -2.11. The second-order valence-electron chi connectivity index (χ2n) is 4.09. The third-order valence-corrected chi connectivity index (χ3v) is 3.38. The van der Waals surface area contributed by atoms with Crippen LogP contribution in [0.15, 0.2) is 18.2 Å². The molecule has 0 atom stereocenters. The Bertz CT molecular complexity index is 657. The number of rotatable bonds is 4. The van der Waals surface area contributed by atoms with Crippen LogP contribution in [-0.4, -0.2) is 44.5 Å². The summed E-state index contributed by atoms with van der Waals surface area (Å²) in [6, 6.07) is 3.81. The number of amides is 2. The van der Waals surface area contributed by atoms with Crippen LogP contribution in [0.4, 0.5) is 4.39 Å². The van der Waals surface area contributed by atoms with E-state index in [1.165, 1.54) is 12.1 Å². The minimum atomic E-state index is -3.40. The highest BCUT2D eigenvalue weighted by molar-refractivity contribution is 7.88. The van der Waals surface area contributed by atoms with Crippen molar-refractivity contribution in [2.24, 2.45) is 0 Å². The van der Waals surface area contributed by atoms with Gasteiger partial charge in [0.25, 0.3) is 11.8 Å². The number of hydrogen-bond acceptors (Lipinski definition) is 4. The molecule has 0 fully saturated rings. The van der Waals surface area contributed by atoms with E-state index in [-0.39, 0.29) is 24.2 Å². The molecule has 0 unspecified atom stereocenters. The fraction of sp³-hybridized carbons (Fsp3) is 0.273. The summed E-state index contributed by atoms with van der Waals surface area (Å²) in [5.41, 5.74) is -0.254. The van der Waals surface area contributed by atoms with Crippen LogP contribution in [-0.2, 0) is 10.0 Å². The van der Waals surface area contributed by atoms with Crippen molar-refractivity contribution in [2.75, 3.05) is 19.3 Å². The van der Waals surface area contributed by atoms with E-state index in [1.54, 1.807) is 0 Å². The van der Waals surface area contributed by atoms with E-state index in [4.69, 9.17) is 0 Å². The van der Waals surface area contributed by atoms with E-state index in [2.05, 4.69) is 4.72 Å². The Balaban J connectivity index is 2.17. The number of nitrogens with zero attached hydrogens (tertiary/aromatic N) is 1. The van der Waals surface area contributed by atoms with Crippen molar-refractivity contribution in [3.05, 3.63) is 35.1 Å². The molecular weight excluding hydrogens is 275 g/mol. The Kier molecular flexibility index (Phi) is 3.38. The lowest BCUT2D eigenvalue weighted by molar-refractivity contribution is 0.0656. The number of halogens is 1. The van der Waals surface area contributed by atoms with Crippen LogP contribution < -0.4 is 4.72 Å². The van der Waals surface area contributed by atoms with Crippen molar-refractivity contribution >= 4 is 21.8 Å². The van der Waals surface area contributed by atoms with Gasteiger partial charge >= 0.3 is 0 Å². The lowest BCUT2D eigenvalue weighted by atomic mass is 10.1. The molecule has 0 spiro atoms. The lowest BCUT2D eigenvalue weighted by Gasteiger charge is -2.13. The summed E-state index contributed by atoms with van der Waals surface area (Å²) in [5, 5.41) is 0. The maximum absolute atomic E-state index is 13.5. The molecule has 1 aliphatic heterocycles. The first-order valence-electron chi connectivity index (χ1n) is 5.40. The molecule has 1 heterocycles. The predicted octanol–water partition coefficient (Wildman–Crippen LogP) is -0.0291. The van der Waals surface area contributed by atoms with Crippen molar-refractivity contribution in [1.82, 2.24) is 9.62 Å². The van der Waals surface area contributed by atoms with E-state index >= 15 is 0 Å². The number of benzene rings is 1. The molecule has 0 saturated carbocycles. The summed E-state index contributed by atoms with van der Waals surface area (Å²) in [6.45, 7) is -0.245. The van der Waals surface area contributed by atoms with Gasteiger partial charge in [0.1, 0.15) is 5.82 Å². The molecule has 19 heavy (non-hydrogen) atoms. The van der Waals surface area contributed by atoms with Crippen LogP contribution in [0, 0.1) is 5.82 Å². The molecule has 2 rings (SSSR count). The average Bonchev–Trinajstić information content (AvgIpc) is 2.54. The minimum Gasteiger partial charge on any atom is -0.273 e. The molecule has 0 aromatic heterocycles. The van der Waals surface area contributed by atoms with Gasteiger partial charge in [0.2, 0.25) is 10.0 Å². The molecule has 102 valence electrons. The first-order chi connectivity index (χ1) is 8.81. The molecule has 1 aromatic rings. The van der Waals surface area contributed by atoms with Crippen molar-refractivity contribution in [2.45, 2.75) is 0 Å². The Labute approximate surface area is 109 Å². The van der Waals surface area contributed by atoms with Gasteiger partial charge in [-0.25, -0.2) is 17.5 Å². The zero-order valence-electron chi connectivity index (χ0n) is 10.0. The smallest absolute Gasteiger partial charge is 0.264 e. The quantitative estimate of drug-likeness (QED) is 0.788. The molecule has 0 saturated heterocycles. The molecular formula is C11H11FN2O4S. The molecule has 1 aromatic carbocycles. The van der Waals surface area contributed by atoms with Crippen LogP contribution in [0.2, 0.25) is 0 Å². The van der Waals surface area contributed by atoms with Gasteiger partial charge in [-0.2, -0.15) is 0 Å². The monoisotopic (exact) mass is 286 g/mol. The van der Waals surface area contributed by atoms with E-state index in [9.17, 15) is 22.4 Å². The van der Waals surface area contributed by atoms with E-state index in [0.717, 1.165) is 17.2 Å². The van der Waals surface area contributed by atoms with Gasteiger partial charge in [0, 0.05) is 13.1 Å². The van der Waals surface area contributed by atoms with Crippen molar-refractivity contribution in [1.29, 1.82) is 0 Å². The topological polar surface area (TPSA) is 83.6 Å². The number of nitrogens with one attached hydrogen (secondary N) is 1. The summed E-state index contributed by atoms with van der Waals surface area (Å²) in [4.78, 5) is 24.6. The van der Waals surface area contributed by atoms with Gasteiger partial charge in [-0.3, -0.25) is 14.5 Å². The highest BCUT2D eigenvalue weighted by Crippen LogP contribution is 2.24. The van der Waals surface area contributed by atoms with Crippen LogP contribution >= 0.6 is 0 Å². The summed E-state index contributed by atoms with van der Waals surface area (Å²) < 4.78 is 37.4. The maximum Gasteiger partial charge on any atom is 0.264 e. The Morgan fingerprint density at radius 1 is 1.26 bits per heavy atom. The third kappa shape index (κ3) is 2.64. The Morgan fingerprint density at radius 2 is 1.95 bits per heavy atom. The fourth-order valence-corrected chi connectivity index (χ4v) is 2.30. The van der Waals surface area contributed by atoms with E-state index in [1.807, 2.05) is 0 Å². The van der Waals surface area contributed by atoms with Crippen LogP contribution in [0.3, 0.4) is 0 Å². The van der Waals surface area contributed by atoms with Crippen LogP contribution in [0.5, 0.6) is 0 Å². The number of carbonyl (C=O) groups excluding carboxylic acids is 2. The van der Waals surface area contributed by atoms with Crippen molar-refractivity contribution in [3.63, 3.8) is 0 Å². The zero-order chi connectivity index (χ0) is 14.2. The number of sulfonamides is 1. The summed E-state index contributed by atoms with van der Waals surface area (Å²) >= 11 is 0. The van der Waals surface area contributed by atoms with Crippen LogP contribution in [0.25, 0.3) is 0 Å². The van der Waals surface area contributed by atoms with Crippen LogP contribution in [0.1, 0.15) is 20.7 Å². The standard InChI is InChI=1S/C11H11FN2O4S/c1-19(17,18)13-5-6-14-10(15)7-3-2-4-8(12)9(7)11(14)16/h2-4,13H,5-6H2,1H3. The molecule has 6 nitrogen and oxygen atoms in total. The number of hydrogen-bond donors (Lipinski definition) is 1. The predicted molar refractivity (Wildman–Crippen MR) is 64.6 cm³/mol. The highest BCUT2D eigenvalue weighted by Gasteiger charge is 2.37. The normalized spacial score (nSPS) is 14.9. The van der Waals surface area contributed by atoms with Crippen molar-refractivity contribution < 1.29 is 22.4 Å². The van der Waals surface area contributed by atoms with Gasteiger partial charge in [-0.05, 0) is 12.1 Å². The van der Waals surface area contributed by atoms with Gasteiger partial charge in [-0.1, -0.05) is 6.07 Å². The zero-order valence-corrected chi connectivity index (χ0v) is 10.8. The molecule has 1 N–H and O–H groups in total. The fourth-order valence-electron chi connectivity index (χ4n) is 1.84. The number of imide groups is 1. The molecule has 0 radical (unpaired) electrons. The Morgan fingerprint density at radius 3 is 2.53 bits per heavy atom. The highest BCUT2D eigenvalue weighted by atomic mass is 32.2. The number of fused-ring (bicyclic) bond motifs is 1. The number of carbonyl (C=O) groups is 2. The SMILES string of the molecule is CS(=O)(=O)NCCN1C(=O)c2cccc(F)c2C1=O. The van der Waals surface area contributed by atoms with Gasteiger partial charge in [0.15, 0.2) is 0 Å². The van der Waals surface area contributed by atoms with Gasteiger partial charge in [0.05, 0.1) is 17.4 Å². The summed E-state index contributed by atoms with van der Waals surface area (Å²) in [7, 11) is -3.40. The first-order valence-corrected chi connectivity index (χ1v) is 7.30. The Hall–Kier alpha value is -1.80. The average molecular weight is 286 g/mol. The second-order valence-corrected chi connectivity index (χ2v) is 5.92. The van der Waals surface area contributed by atoms with E-state index in [0.29, 0.717) is 0 Å². The van der Waals surface area contributed by atoms with Gasteiger partial charge < -0.3 is 0 Å². The molecule has 2 amide bonds. The lowest BCUT2D eigenvalue weighted by Crippen LogP contribution is -2.37. The van der Waals surface area contributed by atoms with E-state index < -0.39 is 27.7 Å². The molecule has 0 aliphatic carbocycles. The minimum absolute atomic E-state index is 0.00403. The second kappa shape index (κ2) is 4.71. The first kappa shape index (κ1) is 13.6. The molecule has 0 bridgehead atoms. The molecule has 8 heteroatoms. The summed E-state index contributed by atoms with van der Waals surface area (Å²) in [6.07, 6.45) is 0.967. The van der Waals surface area contributed by atoms with Gasteiger partial charge in [-0.15, -0.1) is 0 Å². The van der Waals surface area contributed by atoms with Crippen molar-refractivity contribution in [3.8, 4) is 0 Å². The largest absolute Gasteiger partial charge is 0.273 e.